The van der Waals surface area contributed by atoms with Crippen molar-refractivity contribution >= 4 is 33.2 Å². The molecule has 0 unspecified atom stereocenters. The first-order valence-electron chi connectivity index (χ1n) is 6.36. The van der Waals surface area contributed by atoms with Gasteiger partial charge in [-0.2, -0.15) is 5.10 Å². The molecule has 0 aliphatic rings. The van der Waals surface area contributed by atoms with Crippen molar-refractivity contribution in [1.82, 2.24) is 9.78 Å². The molecule has 0 saturated heterocycles. The van der Waals surface area contributed by atoms with Crippen molar-refractivity contribution in [2.24, 2.45) is 0 Å². The van der Waals surface area contributed by atoms with Crippen LogP contribution >= 0.6 is 27.5 Å². The zero-order valence-corrected chi connectivity index (χ0v) is 14.0. The van der Waals surface area contributed by atoms with Gasteiger partial charge in [0, 0.05) is 12.2 Å². The third-order valence-corrected chi connectivity index (χ3v) is 4.18. The molecule has 1 heterocycles. The fourth-order valence-corrected chi connectivity index (χ4v) is 2.74. The highest BCUT2D eigenvalue weighted by Gasteiger charge is 2.12. The number of halogens is 2. The lowest BCUT2D eigenvalue weighted by atomic mass is 10.3. The van der Waals surface area contributed by atoms with Crippen LogP contribution in [0.15, 0.2) is 22.7 Å². The topological polar surface area (TPSA) is 39.1 Å². The van der Waals surface area contributed by atoms with Gasteiger partial charge >= 0.3 is 0 Å². The van der Waals surface area contributed by atoms with Crippen LogP contribution in [0.25, 0.3) is 0 Å². The number of methoxy groups -OCH3 is 1. The lowest BCUT2D eigenvalue weighted by Crippen LogP contribution is -2.08. The molecular weight excluding hydrogens is 342 g/mol. The van der Waals surface area contributed by atoms with Gasteiger partial charge in [0.25, 0.3) is 0 Å². The van der Waals surface area contributed by atoms with E-state index in [2.05, 4.69) is 33.3 Å². The predicted octanol–water partition coefficient (Wildman–Crippen LogP) is 4.25. The highest BCUT2D eigenvalue weighted by atomic mass is 79.9. The molecule has 2 aromatic rings. The summed E-state index contributed by atoms with van der Waals surface area (Å²) in [6.07, 6.45) is 0. The second kappa shape index (κ2) is 6.50. The molecule has 0 spiro atoms. The molecule has 2 rings (SSSR count). The molecule has 0 radical (unpaired) electrons. The van der Waals surface area contributed by atoms with E-state index in [-0.39, 0.29) is 0 Å². The van der Waals surface area contributed by atoms with Gasteiger partial charge in [0.15, 0.2) is 0 Å². The van der Waals surface area contributed by atoms with Crippen LogP contribution in [-0.2, 0) is 13.1 Å². The zero-order valence-electron chi connectivity index (χ0n) is 11.7. The van der Waals surface area contributed by atoms with Crippen LogP contribution in [0, 0.1) is 6.92 Å². The fourth-order valence-electron chi connectivity index (χ4n) is 2.00. The Bertz CT molecular complexity index is 613. The fraction of sp³-hybridized carbons (Fsp3) is 0.357. The van der Waals surface area contributed by atoms with Gasteiger partial charge in [0.1, 0.15) is 5.75 Å². The third-order valence-electron chi connectivity index (χ3n) is 3.06. The van der Waals surface area contributed by atoms with Crippen LogP contribution in [0.2, 0.25) is 5.02 Å². The Labute approximate surface area is 132 Å². The summed E-state index contributed by atoms with van der Waals surface area (Å²) in [4.78, 5) is 0. The van der Waals surface area contributed by atoms with E-state index < -0.39 is 0 Å². The van der Waals surface area contributed by atoms with E-state index in [1.165, 1.54) is 0 Å². The normalized spacial score (nSPS) is 10.7. The number of ether oxygens (including phenoxy) is 1. The molecule has 1 N–H and O–H groups in total. The molecule has 108 valence electrons. The number of aromatic nitrogens is 2. The largest absolute Gasteiger partial charge is 0.496 e. The van der Waals surface area contributed by atoms with Crippen LogP contribution < -0.4 is 10.1 Å². The molecule has 0 atom stereocenters. The van der Waals surface area contributed by atoms with Gasteiger partial charge in [-0.1, -0.05) is 11.6 Å². The van der Waals surface area contributed by atoms with E-state index in [1.54, 1.807) is 7.11 Å². The molecule has 0 amide bonds. The van der Waals surface area contributed by atoms with Crippen molar-refractivity contribution < 1.29 is 4.74 Å². The van der Waals surface area contributed by atoms with E-state index in [0.717, 1.165) is 38.9 Å². The van der Waals surface area contributed by atoms with Gasteiger partial charge in [-0.15, -0.1) is 0 Å². The second-order valence-corrected chi connectivity index (χ2v) is 5.60. The van der Waals surface area contributed by atoms with Gasteiger partial charge in [0.05, 0.1) is 34.5 Å². The van der Waals surface area contributed by atoms with Crippen LogP contribution in [-0.4, -0.2) is 16.9 Å². The number of nitrogens with one attached hydrogen (secondary N) is 1. The number of nitrogens with zero attached hydrogens (tertiary/aromatic N) is 2. The van der Waals surface area contributed by atoms with Crippen LogP contribution in [0.4, 0.5) is 5.69 Å². The summed E-state index contributed by atoms with van der Waals surface area (Å²) in [5.74, 6) is 0.808. The summed E-state index contributed by atoms with van der Waals surface area (Å²) in [5.41, 5.74) is 2.86. The highest BCUT2D eigenvalue weighted by molar-refractivity contribution is 9.10. The van der Waals surface area contributed by atoms with Gasteiger partial charge in [-0.05, 0) is 48.0 Å². The van der Waals surface area contributed by atoms with Gasteiger partial charge in [-0.25, -0.2) is 0 Å². The quantitative estimate of drug-likeness (QED) is 0.868. The molecule has 0 aliphatic carbocycles. The molecule has 0 saturated carbocycles. The standard InChI is InChI=1S/C14H17BrClN3O/c1-4-19-12(14(16)9(2)18-19)8-17-10-5-6-13(20-3)11(15)7-10/h5-7,17H,4,8H2,1-3H3. The first-order valence-corrected chi connectivity index (χ1v) is 7.53. The van der Waals surface area contributed by atoms with Gasteiger partial charge in [0.2, 0.25) is 0 Å². The maximum atomic E-state index is 6.29. The predicted molar refractivity (Wildman–Crippen MR) is 85.7 cm³/mol. The first-order chi connectivity index (χ1) is 9.56. The highest BCUT2D eigenvalue weighted by Crippen LogP contribution is 2.28. The molecule has 20 heavy (non-hydrogen) atoms. The van der Waals surface area contributed by atoms with Crippen molar-refractivity contribution in [1.29, 1.82) is 0 Å². The Morgan fingerprint density at radius 2 is 2.20 bits per heavy atom. The molecule has 1 aromatic heterocycles. The maximum Gasteiger partial charge on any atom is 0.133 e. The summed E-state index contributed by atoms with van der Waals surface area (Å²) in [6.45, 7) is 5.40. The Kier molecular flexibility index (Phi) is 4.94. The summed E-state index contributed by atoms with van der Waals surface area (Å²) in [5, 5.41) is 8.48. The average molecular weight is 359 g/mol. The van der Waals surface area contributed by atoms with E-state index in [4.69, 9.17) is 16.3 Å². The van der Waals surface area contributed by atoms with Crippen LogP contribution in [0.1, 0.15) is 18.3 Å². The van der Waals surface area contributed by atoms with Crippen LogP contribution in [0.5, 0.6) is 5.75 Å². The van der Waals surface area contributed by atoms with E-state index in [0.29, 0.717) is 6.54 Å². The Morgan fingerprint density at radius 1 is 1.45 bits per heavy atom. The van der Waals surface area contributed by atoms with E-state index in [1.807, 2.05) is 29.8 Å². The number of hydrogen-bond acceptors (Lipinski definition) is 3. The summed E-state index contributed by atoms with van der Waals surface area (Å²) in [6, 6.07) is 5.86. The Balaban J connectivity index is 2.14. The molecule has 0 aliphatic heterocycles. The smallest absolute Gasteiger partial charge is 0.133 e. The molecule has 0 bridgehead atoms. The van der Waals surface area contributed by atoms with Crippen molar-refractivity contribution in [3.8, 4) is 5.75 Å². The van der Waals surface area contributed by atoms with E-state index in [9.17, 15) is 0 Å². The maximum absolute atomic E-state index is 6.29. The Hall–Kier alpha value is -1.20. The van der Waals surface area contributed by atoms with E-state index >= 15 is 0 Å². The zero-order chi connectivity index (χ0) is 14.7. The lowest BCUT2D eigenvalue weighted by Gasteiger charge is -2.10. The number of hydrogen-bond donors (Lipinski definition) is 1. The minimum atomic E-state index is 0.631. The summed E-state index contributed by atoms with van der Waals surface area (Å²) < 4.78 is 8.04. The average Bonchev–Trinajstić information content (AvgIpc) is 2.72. The van der Waals surface area contributed by atoms with Crippen molar-refractivity contribution in [3.63, 3.8) is 0 Å². The van der Waals surface area contributed by atoms with Crippen molar-refractivity contribution in [2.75, 3.05) is 12.4 Å². The third kappa shape index (κ3) is 3.10. The Morgan fingerprint density at radius 3 is 2.80 bits per heavy atom. The number of rotatable bonds is 5. The minimum Gasteiger partial charge on any atom is -0.496 e. The van der Waals surface area contributed by atoms with Crippen molar-refractivity contribution in [2.45, 2.75) is 26.9 Å². The van der Waals surface area contributed by atoms with Crippen molar-refractivity contribution in [3.05, 3.63) is 39.1 Å². The molecular formula is C14H17BrClN3O. The number of anilines is 1. The lowest BCUT2D eigenvalue weighted by molar-refractivity contribution is 0.412. The van der Waals surface area contributed by atoms with Crippen LogP contribution in [0.3, 0.4) is 0 Å². The second-order valence-electron chi connectivity index (χ2n) is 4.36. The molecule has 4 nitrogen and oxygen atoms in total. The summed E-state index contributed by atoms with van der Waals surface area (Å²) >= 11 is 9.76. The SMILES string of the molecule is CCn1nc(C)c(Cl)c1CNc1ccc(OC)c(Br)c1. The van der Waals surface area contributed by atoms with Gasteiger partial charge in [-0.3, -0.25) is 4.68 Å². The molecule has 1 aromatic carbocycles. The molecule has 0 fully saturated rings. The summed E-state index contributed by atoms with van der Waals surface area (Å²) in [7, 11) is 1.65. The number of benzene rings is 1. The number of aryl methyl sites for hydroxylation is 2. The molecule has 6 heteroatoms. The monoisotopic (exact) mass is 357 g/mol. The first kappa shape index (κ1) is 15.2. The van der Waals surface area contributed by atoms with Gasteiger partial charge < -0.3 is 10.1 Å². The minimum absolute atomic E-state index is 0.631.